The Kier molecular flexibility index (Phi) is 4.77. The van der Waals surface area contributed by atoms with Crippen LogP contribution in [0, 0.1) is 0 Å². The van der Waals surface area contributed by atoms with E-state index in [1.165, 1.54) is 10.4 Å². The largest absolute Gasteiger partial charge is 0.373 e. The van der Waals surface area contributed by atoms with Gasteiger partial charge in [-0.15, -0.1) is 11.3 Å². The van der Waals surface area contributed by atoms with Crippen molar-refractivity contribution in [3.63, 3.8) is 0 Å². The van der Waals surface area contributed by atoms with Crippen molar-refractivity contribution in [1.29, 1.82) is 0 Å². The van der Waals surface area contributed by atoms with Gasteiger partial charge in [-0.1, -0.05) is 19.2 Å². The Morgan fingerprint density at radius 1 is 1.38 bits per heavy atom. The molecule has 1 aromatic heterocycles. The molecule has 1 aromatic rings. The first-order valence-electron chi connectivity index (χ1n) is 5.31. The van der Waals surface area contributed by atoms with Crippen molar-refractivity contribution in [2.24, 2.45) is 0 Å². The lowest BCUT2D eigenvalue weighted by Gasteiger charge is -2.23. The molecule has 0 aliphatic carbocycles. The second-order valence-electron chi connectivity index (χ2n) is 4.07. The van der Waals surface area contributed by atoms with E-state index in [1.54, 1.807) is 11.3 Å². The number of thiophene rings is 1. The summed E-state index contributed by atoms with van der Waals surface area (Å²) in [5, 5.41) is 2.08. The minimum absolute atomic E-state index is 0.984. The summed E-state index contributed by atoms with van der Waals surface area (Å²) < 4.78 is 0. The molecule has 0 unspecified atom stereocenters. The van der Waals surface area contributed by atoms with Crippen LogP contribution in [0.4, 0.5) is 0 Å². The summed E-state index contributed by atoms with van der Waals surface area (Å²) in [6.45, 7) is 9.99. The minimum atomic E-state index is 0.984. The third kappa shape index (κ3) is 3.22. The number of hydrogen-bond donors (Lipinski definition) is 0. The Balaban J connectivity index is 2.67. The maximum absolute atomic E-state index is 4.15. The van der Waals surface area contributed by atoms with Gasteiger partial charge in [-0.25, -0.2) is 0 Å². The highest BCUT2D eigenvalue weighted by atomic mass is 32.1. The van der Waals surface area contributed by atoms with Gasteiger partial charge in [-0.05, 0) is 25.5 Å². The van der Waals surface area contributed by atoms with Crippen LogP contribution in [-0.4, -0.2) is 44.0 Å². The van der Waals surface area contributed by atoms with Gasteiger partial charge in [0.1, 0.15) is 0 Å². The van der Waals surface area contributed by atoms with Gasteiger partial charge < -0.3 is 9.80 Å². The maximum Gasteiger partial charge on any atom is 0.0379 e. The van der Waals surface area contributed by atoms with E-state index in [0.29, 0.717) is 0 Å². The van der Waals surface area contributed by atoms with Gasteiger partial charge in [0, 0.05) is 36.3 Å². The van der Waals surface area contributed by atoms with Crippen molar-refractivity contribution in [1.82, 2.24) is 9.80 Å². The van der Waals surface area contributed by atoms with Crippen LogP contribution in [0.1, 0.15) is 10.4 Å². The first-order chi connectivity index (χ1) is 7.56. The van der Waals surface area contributed by atoms with Crippen molar-refractivity contribution in [2.75, 3.05) is 34.2 Å². The molecule has 0 aliphatic rings. The molecule has 0 amide bonds. The summed E-state index contributed by atoms with van der Waals surface area (Å²) in [5.41, 5.74) is 2.26. The fraction of sp³-hybridized carbons (Fsp3) is 0.385. The zero-order chi connectivity index (χ0) is 12.1. The third-order valence-corrected chi connectivity index (χ3v) is 3.45. The monoisotopic (exact) mass is 236 g/mol. The van der Waals surface area contributed by atoms with E-state index in [4.69, 9.17) is 0 Å². The molecule has 2 nitrogen and oxygen atoms in total. The molecule has 0 spiro atoms. The smallest absolute Gasteiger partial charge is 0.0379 e. The van der Waals surface area contributed by atoms with E-state index >= 15 is 0 Å². The Hall–Kier alpha value is -1.06. The molecule has 0 saturated carbocycles. The van der Waals surface area contributed by atoms with Crippen LogP contribution >= 0.6 is 11.3 Å². The van der Waals surface area contributed by atoms with E-state index < -0.39 is 0 Å². The zero-order valence-corrected chi connectivity index (χ0v) is 11.2. The molecular formula is C13H20N2S. The van der Waals surface area contributed by atoms with Crippen molar-refractivity contribution >= 4 is 23.1 Å². The van der Waals surface area contributed by atoms with Crippen LogP contribution in [0.3, 0.4) is 0 Å². The second-order valence-corrected chi connectivity index (χ2v) is 5.02. The van der Waals surface area contributed by atoms with Gasteiger partial charge >= 0.3 is 0 Å². The fourth-order valence-corrected chi connectivity index (χ4v) is 2.17. The topological polar surface area (TPSA) is 6.48 Å². The number of hydrogen-bond acceptors (Lipinski definition) is 3. The van der Waals surface area contributed by atoms with Gasteiger partial charge in [0.05, 0.1) is 0 Å². The first-order valence-corrected chi connectivity index (χ1v) is 6.19. The van der Waals surface area contributed by atoms with Gasteiger partial charge in [0.15, 0.2) is 0 Å². The van der Waals surface area contributed by atoms with Crippen LogP contribution in [0.15, 0.2) is 24.6 Å². The number of rotatable bonds is 6. The lowest BCUT2D eigenvalue weighted by atomic mass is 10.2. The first kappa shape index (κ1) is 13.0. The average Bonchev–Trinajstić information content (AvgIpc) is 2.72. The quantitative estimate of drug-likeness (QED) is 0.749. The summed E-state index contributed by atoms with van der Waals surface area (Å²) in [4.78, 5) is 5.56. The second kappa shape index (κ2) is 5.87. The number of likely N-dealkylation sites (N-methyl/N-ethyl adjacent to an activating group) is 2. The van der Waals surface area contributed by atoms with Crippen LogP contribution < -0.4 is 0 Å². The third-order valence-electron chi connectivity index (χ3n) is 2.53. The highest BCUT2D eigenvalue weighted by molar-refractivity contribution is 7.11. The Labute approximate surface area is 102 Å². The molecule has 0 aromatic carbocycles. The maximum atomic E-state index is 4.15. The van der Waals surface area contributed by atoms with E-state index in [-0.39, 0.29) is 0 Å². The van der Waals surface area contributed by atoms with E-state index in [2.05, 4.69) is 55.5 Å². The summed E-state index contributed by atoms with van der Waals surface area (Å²) in [7, 11) is 6.24. The highest BCUT2D eigenvalue weighted by Crippen LogP contribution is 2.25. The van der Waals surface area contributed by atoms with Crippen molar-refractivity contribution in [3.8, 4) is 0 Å². The standard InChI is InChI=1S/C13H20N2S/c1-6-13-12(7-10-16-13)11(2)15(5)9-8-14(3)4/h6-7,10H,1-2,8-9H2,3-5H3. The minimum Gasteiger partial charge on any atom is -0.373 e. The predicted molar refractivity (Wildman–Crippen MR) is 74.6 cm³/mol. The molecule has 16 heavy (non-hydrogen) atoms. The molecule has 0 bridgehead atoms. The molecule has 3 heteroatoms. The Bertz CT molecular complexity index is 366. The molecule has 0 atom stereocenters. The molecule has 88 valence electrons. The van der Waals surface area contributed by atoms with Crippen LogP contribution in [0.25, 0.3) is 11.8 Å². The Morgan fingerprint density at radius 3 is 2.62 bits per heavy atom. The average molecular weight is 236 g/mol. The van der Waals surface area contributed by atoms with Crippen molar-refractivity contribution in [2.45, 2.75) is 0 Å². The molecule has 1 heterocycles. The van der Waals surface area contributed by atoms with Gasteiger partial charge in [0.25, 0.3) is 0 Å². The van der Waals surface area contributed by atoms with Crippen molar-refractivity contribution in [3.05, 3.63) is 35.0 Å². The molecule has 0 fully saturated rings. The molecule has 0 saturated heterocycles. The SMILES string of the molecule is C=Cc1sccc1C(=C)N(C)CCN(C)C. The van der Waals surface area contributed by atoms with E-state index in [1.807, 2.05) is 6.08 Å². The van der Waals surface area contributed by atoms with E-state index in [0.717, 1.165) is 18.8 Å². The normalized spacial score (nSPS) is 10.5. The molecular weight excluding hydrogens is 216 g/mol. The van der Waals surface area contributed by atoms with Gasteiger partial charge in [-0.2, -0.15) is 0 Å². The molecule has 0 radical (unpaired) electrons. The van der Waals surface area contributed by atoms with Crippen molar-refractivity contribution < 1.29 is 0 Å². The summed E-state index contributed by atoms with van der Waals surface area (Å²) >= 11 is 1.70. The molecule has 1 rings (SSSR count). The van der Waals surface area contributed by atoms with Crippen LogP contribution in [-0.2, 0) is 0 Å². The van der Waals surface area contributed by atoms with Crippen LogP contribution in [0.5, 0.6) is 0 Å². The van der Waals surface area contributed by atoms with Gasteiger partial charge in [-0.3, -0.25) is 0 Å². The highest BCUT2D eigenvalue weighted by Gasteiger charge is 2.09. The Morgan fingerprint density at radius 2 is 2.06 bits per heavy atom. The lowest BCUT2D eigenvalue weighted by Crippen LogP contribution is -2.27. The zero-order valence-electron chi connectivity index (χ0n) is 10.4. The van der Waals surface area contributed by atoms with Gasteiger partial charge in [0.2, 0.25) is 0 Å². The summed E-state index contributed by atoms with van der Waals surface area (Å²) in [6.07, 6.45) is 1.89. The van der Waals surface area contributed by atoms with Crippen LogP contribution in [0.2, 0.25) is 0 Å². The predicted octanol–water partition coefficient (Wildman–Crippen LogP) is 2.86. The molecule has 0 N–H and O–H groups in total. The molecule has 0 aliphatic heterocycles. The summed E-state index contributed by atoms with van der Waals surface area (Å²) in [5.74, 6) is 0. The summed E-state index contributed by atoms with van der Waals surface area (Å²) in [6, 6.07) is 2.11. The fourth-order valence-electron chi connectivity index (χ4n) is 1.41. The lowest BCUT2D eigenvalue weighted by molar-refractivity contribution is 0.349. The van der Waals surface area contributed by atoms with E-state index in [9.17, 15) is 0 Å². The number of nitrogens with zero attached hydrogens (tertiary/aromatic N) is 2.